The largest absolute Gasteiger partial charge is 0.340 e. The Morgan fingerprint density at radius 3 is 1.60 bits per heavy atom. The fourth-order valence-corrected chi connectivity index (χ4v) is 1.91. The minimum atomic E-state index is 0.337. The zero-order valence-corrected chi connectivity index (χ0v) is 15.5. The highest BCUT2D eigenvalue weighted by Crippen LogP contribution is 2.05. The second kappa shape index (κ2) is 20.7. The first kappa shape index (κ1) is 24.4. The van der Waals surface area contributed by atoms with E-state index in [2.05, 4.69) is 18.7 Å². The van der Waals surface area contributed by atoms with Crippen LogP contribution in [0, 0.1) is 0 Å². The molecule has 3 heteroatoms. The zero-order valence-electron chi connectivity index (χ0n) is 15.5. The minimum absolute atomic E-state index is 0.337. The molecule has 1 rings (SSSR count). The summed E-state index contributed by atoms with van der Waals surface area (Å²) >= 11 is 0. The van der Waals surface area contributed by atoms with Gasteiger partial charge in [0.2, 0.25) is 5.91 Å². The van der Waals surface area contributed by atoms with Crippen LogP contribution in [-0.4, -0.2) is 48.4 Å². The quantitative estimate of drug-likeness (QED) is 0.764. The van der Waals surface area contributed by atoms with Crippen LogP contribution in [-0.2, 0) is 4.79 Å². The van der Waals surface area contributed by atoms with Gasteiger partial charge in [0.25, 0.3) is 0 Å². The third-order valence-corrected chi connectivity index (χ3v) is 2.73. The van der Waals surface area contributed by atoms with Crippen LogP contribution in [0.2, 0.25) is 0 Å². The molecule has 3 nitrogen and oxygen atoms in total. The van der Waals surface area contributed by atoms with Crippen molar-refractivity contribution < 1.29 is 4.79 Å². The molecule has 0 spiro atoms. The summed E-state index contributed by atoms with van der Waals surface area (Å²) in [4.78, 5) is 16.0. The van der Waals surface area contributed by atoms with Gasteiger partial charge in [0, 0.05) is 32.6 Å². The molecule has 124 valence electrons. The maximum absolute atomic E-state index is 11.6. The fourth-order valence-electron chi connectivity index (χ4n) is 1.91. The van der Waals surface area contributed by atoms with E-state index in [1.54, 1.807) is 0 Å². The highest BCUT2D eigenvalue weighted by molar-refractivity contribution is 5.76. The Morgan fingerprint density at radius 2 is 1.25 bits per heavy atom. The first-order valence-corrected chi connectivity index (χ1v) is 8.78. The summed E-state index contributed by atoms with van der Waals surface area (Å²) in [6.45, 7) is 21.4. The molecule has 1 fully saturated rings. The van der Waals surface area contributed by atoms with Crippen molar-refractivity contribution >= 4 is 5.91 Å². The summed E-state index contributed by atoms with van der Waals surface area (Å²) in [5.74, 6) is 0.337. The number of hydrogen-bond donors (Lipinski definition) is 0. The summed E-state index contributed by atoms with van der Waals surface area (Å²) < 4.78 is 0. The smallest absolute Gasteiger partial charge is 0.222 e. The monoisotopic (exact) mass is 288 g/mol. The third kappa shape index (κ3) is 12.5. The number of amides is 1. The molecule has 0 N–H and O–H groups in total. The van der Waals surface area contributed by atoms with Crippen molar-refractivity contribution in [2.45, 2.75) is 74.7 Å². The summed E-state index contributed by atoms with van der Waals surface area (Å²) in [5, 5.41) is 0. The third-order valence-electron chi connectivity index (χ3n) is 2.73. The van der Waals surface area contributed by atoms with E-state index < -0.39 is 0 Å². The molecular weight excluding hydrogens is 248 g/mol. The summed E-state index contributed by atoms with van der Waals surface area (Å²) in [7, 11) is 0. The molecule has 0 aromatic heterocycles. The number of rotatable bonds is 4. The molecule has 0 aromatic rings. The number of nitrogens with zero attached hydrogens (tertiary/aromatic N) is 2. The molecule has 1 heterocycles. The maximum atomic E-state index is 11.6. The molecule has 0 aromatic carbocycles. The normalized spacial score (nSPS) is 13.9. The molecule has 0 aliphatic carbocycles. The van der Waals surface area contributed by atoms with Gasteiger partial charge in [0.1, 0.15) is 0 Å². The van der Waals surface area contributed by atoms with E-state index in [0.29, 0.717) is 12.3 Å². The molecule has 0 saturated carbocycles. The van der Waals surface area contributed by atoms with Gasteiger partial charge in [-0.1, -0.05) is 55.4 Å². The summed E-state index contributed by atoms with van der Waals surface area (Å²) in [6, 6.07) is 0. The van der Waals surface area contributed by atoms with Crippen LogP contribution < -0.4 is 0 Å². The van der Waals surface area contributed by atoms with Crippen molar-refractivity contribution in [3.05, 3.63) is 0 Å². The maximum Gasteiger partial charge on any atom is 0.222 e. The van der Waals surface area contributed by atoms with Crippen LogP contribution >= 0.6 is 0 Å². The first-order chi connectivity index (χ1) is 9.77. The number of carbonyl (C=O) groups excluding carboxylic acids is 1. The lowest BCUT2D eigenvalue weighted by Gasteiger charge is -2.34. The highest BCUT2D eigenvalue weighted by Gasteiger charge is 2.19. The summed E-state index contributed by atoms with van der Waals surface area (Å²) in [6.07, 6.45) is 2.89. The van der Waals surface area contributed by atoms with Gasteiger partial charge in [0.15, 0.2) is 0 Å². The van der Waals surface area contributed by atoms with Crippen LogP contribution in [0.4, 0.5) is 0 Å². The van der Waals surface area contributed by atoms with Crippen LogP contribution in [0.1, 0.15) is 74.7 Å². The number of hydrogen-bond acceptors (Lipinski definition) is 2. The summed E-state index contributed by atoms with van der Waals surface area (Å²) in [5.41, 5.74) is 0. The average Bonchev–Trinajstić information content (AvgIpc) is 2.54. The van der Waals surface area contributed by atoms with Gasteiger partial charge < -0.3 is 4.90 Å². The van der Waals surface area contributed by atoms with E-state index in [1.165, 1.54) is 13.0 Å². The van der Waals surface area contributed by atoms with Crippen LogP contribution in [0.15, 0.2) is 0 Å². The van der Waals surface area contributed by atoms with Crippen molar-refractivity contribution in [3.8, 4) is 0 Å². The molecular formula is C17H40N2O. The molecule has 1 amide bonds. The number of piperazine rings is 1. The fraction of sp³-hybridized carbons (Fsp3) is 0.941. The standard InChI is InChI=1S/C11H22N2O.3C2H6/c1-3-5-11(14)13-9-7-12(6-4-2)8-10-13;3*1-2/h3-10H2,1-2H3;3*1-2H3. The second-order valence-corrected chi connectivity index (χ2v) is 3.97. The van der Waals surface area contributed by atoms with E-state index in [1.807, 2.05) is 46.4 Å². The van der Waals surface area contributed by atoms with Gasteiger partial charge in [-0.3, -0.25) is 9.69 Å². The topological polar surface area (TPSA) is 23.6 Å². The van der Waals surface area contributed by atoms with E-state index in [4.69, 9.17) is 0 Å². The van der Waals surface area contributed by atoms with Gasteiger partial charge in [-0.25, -0.2) is 0 Å². The molecule has 1 aliphatic heterocycles. The van der Waals surface area contributed by atoms with E-state index >= 15 is 0 Å². The lowest BCUT2D eigenvalue weighted by Crippen LogP contribution is -2.48. The first-order valence-electron chi connectivity index (χ1n) is 8.78. The van der Waals surface area contributed by atoms with Crippen molar-refractivity contribution in [2.24, 2.45) is 0 Å². The van der Waals surface area contributed by atoms with Crippen LogP contribution in [0.25, 0.3) is 0 Å². The van der Waals surface area contributed by atoms with Gasteiger partial charge >= 0.3 is 0 Å². The predicted molar refractivity (Wildman–Crippen MR) is 92.3 cm³/mol. The molecule has 1 aliphatic rings. The SMILES string of the molecule is CC.CC.CC.CCCC(=O)N1CCN(CCC)CC1. The molecule has 0 bridgehead atoms. The second-order valence-electron chi connectivity index (χ2n) is 3.97. The van der Waals surface area contributed by atoms with Gasteiger partial charge in [-0.15, -0.1) is 0 Å². The Morgan fingerprint density at radius 1 is 0.800 bits per heavy atom. The molecule has 0 radical (unpaired) electrons. The minimum Gasteiger partial charge on any atom is -0.340 e. The predicted octanol–water partition coefficient (Wildman–Crippen LogP) is 4.42. The van der Waals surface area contributed by atoms with Crippen molar-refractivity contribution in [2.75, 3.05) is 32.7 Å². The Balaban J connectivity index is -0.000000425. The van der Waals surface area contributed by atoms with Crippen molar-refractivity contribution in [1.82, 2.24) is 9.80 Å². The van der Waals surface area contributed by atoms with E-state index in [0.717, 1.165) is 32.6 Å². The Hall–Kier alpha value is -0.570. The Bertz CT molecular complexity index is 176. The molecule has 1 saturated heterocycles. The average molecular weight is 289 g/mol. The van der Waals surface area contributed by atoms with Gasteiger partial charge in [0.05, 0.1) is 0 Å². The highest BCUT2D eigenvalue weighted by atomic mass is 16.2. The Kier molecular flexibility index (Phi) is 25.4. The molecule has 20 heavy (non-hydrogen) atoms. The van der Waals surface area contributed by atoms with Crippen molar-refractivity contribution in [3.63, 3.8) is 0 Å². The van der Waals surface area contributed by atoms with Gasteiger partial charge in [-0.2, -0.15) is 0 Å². The molecule has 0 unspecified atom stereocenters. The Labute approximate surface area is 128 Å². The zero-order chi connectivity index (χ0) is 16.4. The van der Waals surface area contributed by atoms with E-state index in [9.17, 15) is 4.79 Å². The lowest BCUT2D eigenvalue weighted by atomic mass is 10.2. The lowest BCUT2D eigenvalue weighted by molar-refractivity contribution is -0.132. The molecule has 0 atom stereocenters. The van der Waals surface area contributed by atoms with Crippen molar-refractivity contribution in [1.29, 1.82) is 0 Å². The van der Waals surface area contributed by atoms with Crippen LogP contribution in [0.3, 0.4) is 0 Å². The van der Waals surface area contributed by atoms with E-state index in [-0.39, 0.29) is 0 Å². The van der Waals surface area contributed by atoms with Gasteiger partial charge in [-0.05, 0) is 19.4 Å². The van der Waals surface area contributed by atoms with Crippen LogP contribution in [0.5, 0.6) is 0 Å². The number of carbonyl (C=O) groups is 1.